The van der Waals surface area contributed by atoms with Gasteiger partial charge in [-0.1, -0.05) is 32.0 Å². The van der Waals surface area contributed by atoms with Crippen LogP contribution in [0.2, 0.25) is 0 Å². The van der Waals surface area contributed by atoms with Gasteiger partial charge in [-0.3, -0.25) is 14.2 Å². The van der Waals surface area contributed by atoms with Gasteiger partial charge >= 0.3 is 0 Å². The molecule has 3 rings (SSSR count). The highest BCUT2D eigenvalue weighted by Crippen LogP contribution is 2.12. The van der Waals surface area contributed by atoms with Crippen LogP contribution in [0, 0.1) is 5.92 Å². The van der Waals surface area contributed by atoms with E-state index in [0.29, 0.717) is 17.0 Å². The van der Waals surface area contributed by atoms with E-state index in [0.717, 1.165) is 5.69 Å². The van der Waals surface area contributed by atoms with Crippen molar-refractivity contribution in [3.63, 3.8) is 0 Å². The zero-order valence-electron chi connectivity index (χ0n) is 14.5. The molecule has 0 saturated heterocycles. The topological polar surface area (TPSA) is 81.8 Å². The van der Waals surface area contributed by atoms with Crippen LogP contribution in [0.5, 0.6) is 0 Å². The Hall–Kier alpha value is -2.96. The lowest BCUT2D eigenvalue weighted by molar-refractivity contribution is -0.122. The molecule has 1 atom stereocenters. The Morgan fingerprint density at radius 1 is 1.20 bits per heavy atom. The summed E-state index contributed by atoms with van der Waals surface area (Å²) in [6, 6.07) is 9.52. The first-order valence-corrected chi connectivity index (χ1v) is 8.25. The highest BCUT2D eigenvalue weighted by molar-refractivity contribution is 5.78. The molecule has 1 amide bonds. The number of nitrogens with zero attached hydrogens (tertiary/aromatic N) is 4. The molecule has 0 fully saturated rings. The molecule has 0 aliphatic carbocycles. The molecule has 0 unspecified atom stereocenters. The third-order valence-corrected chi connectivity index (χ3v) is 4.26. The van der Waals surface area contributed by atoms with Crippen molar-refractivity contribution in [3.8, 4) is 5.69 Å². The monoisotopic (exact) mass is 339 g/mol. The van der Waals surface area contributed by atoms with Gasteiger partial charge in [0, 0.05) is 6.04 Å². The number of benzene rings is 1. The van der Waals surface area contributed by atoms with Gasteiger partial charge < -0.3 is 5.32 Å². The minimum absolute atomic E-state index is 0.0423. The summed E-state index contributed by atoms with van der Waals surface area (Å²) in [4.78, 5) is 29.1. The number of rotatable bonds is 5. The zero-order chi connectivity index (χ0) is 18.0. The molecule has 0 bridgehead atoms. The third-order valence-electron chi connectivity index (χ3n) is 4.26. The van der Waals surface area contributed by atoms with Gasteiger partial charge in [-0.2, -0.15) is 5.10 Å². The van der Waals surface area contributed by atoms with Crippen LogP contribution in [0.3, 0.4) is 0 Å². The number of hydrogen-bond donors (Lipinski definition) is 1. The molecule has 0 saturated carbocycles. The fraction of sp³-hybridized carbons (Fsp3) is 0.333. The minimum atomic E-state index is -0.278. The largest absolute Gasteiger partial charge is 0.352 e. The Morgan fingerprint density at radius 2 is 1.92 bits per heavy atom. The molecular formula is C18H21N5O2. The maximum absolute atomic E-state index is 12.6. The molecule has 1 aromatic carbocycles. The Balaban J connectivity index is 1.89. The van der Waals surface area contributed by atoms with E-state index in [-0.39, 0.29) is 24.1 Å². The van der Waals surface area contributed by atoms with Gasteiger partial charge in [0.2, 0.25) is 5.91 Å². The van der Waals surface area contributed by atoms with Crippen molar-refractivity contribution in [1.29, 1.82) is 0 Å². The number of fused-ring (bicyclic) bond motifs is 1. The van der Waals surface area contributed by atoms with E-state index >= 15 is 0 Å². The Bertz CT molecular complexity index is 943. The molecule has 2 aromatic heterocycles. The third kappa shape index (κ3) is 3.45. The van der Waals surface area contributed by atoms with Crippen LogP contribution in [0.15, 0.2) is 47.7 Å². The molecule has 7 nitrogen and oxygen atoms in total. The van der Waals surface area contributed by atoms with Gasteiger partial charge in [0.25, 0.3) is 5.56 Å². The summed E-state index contributed by atoms with van der Waals surface area (Å²) < 4.78 is 2.92. The van der Waals surface area contributed by atoms with Gasteiger partial charge in [0.05, 0.1) is 11.9 Å². The zero-order valence-corrected chi connectivity index (χ0v) is 14.5. The minimum Gasteiger partial charge on any atom is -0.352 e. The van der Waals surface area contributed by atoms with Crippen molar-refractivity contribution in [1.82, 2.24) is 24.6 Å². The SMILES string of the molecule is CC(C)[C@@H](C)NC(=O)Cn1cnc2c(cnn2-c2ccccc2)c1=O. The van der Waals surface area contributed by atoms with E-state index in [4.69, 9.17) is 0 Å². The average Bonchev–Trinajstić information content (AvgIpc) is 3.03. The normalized spacial score (nSPS) is 12.5. The van der Waals surface area contributed by atoms with Crippen LogP contribution in [-0.4, -0.2) is 31.3 Å². The van der Waals surface area contributed by atoms with E-state index in [9.17, 15) is 9.59 Å². The van der Waals surface area contributed by atoms with Crippen molar-refractivity contribution < 1.29 is 4.79 Å². The number of hydrogen-bond acceptors (Lipinski definition) is 4. The van der Waals surface area contributed by atoms with E-state index < -0.39 is 0 Å². The Morgan fingerprint density at radius 3 is 2.60 bits per heavy atom. The van der Waals surface area contributed by atoms with Gasteiger partial charge in [0.15, 0.2) is 5.65 Å². The first kappa shape index (κ1) is 16.9. The second-order valence-electron chi connectivity index (χ2n) is 6.41. The van der Waals surface area contributed by atoms with Crippen LogP contribution < -0.4 is 10.9 Å². The standard InChI is InChI=1S/C18H21N5O2/c1-12(2)13(3)21-16(24)10-22-11-19-17-15(18(22)25)9-20-23(17)14-7-5-4-6-8-14/h4-9,11-13H,10H2,1-3H3,(H,21,24)/t13-/m1/s1. The molecule has 25 heavy (non-hydrogen) atoms. The number of carbonyl (C=O) groups excluding carboxylic acids is 1. The number of aromatic nitrogens is 4. The first-order chi connectivity index (χ1) is 12.0. The van der Waals surface area contributed by atoms with Crippen molar-refractivity contribution >= 4 is 16.9 Å². The molecule has 7 heteroatoms. The summed E-state index contributed by atoms with van der Waals surface area (Å²) in [5.74, 6) is 0.116. The maximum Gasteiger partial charge on any atom is 0.264 e. The Kier molecular flexibility index (Phi) is 4.65. The van der Waals surface area contributed by atoms with Crippen LogP contribution >= 0.6 is 0 Å². The summed E-state index contributed by atoms with van der Waals surface area (Å²) in [6.07, 6.45) is 2.88. The lowest BCUT2D eigenvalue weighted by atomic mass is 10.1. The Labute approximate surface area is 145 Å². The number of carbonyl (C=O) groups is 1. The number of para-hydroxylation sites is 1. The second-order valence-corrected chi connectivity index (χ2v) is 6.41. The lowest BCUT2D eigenvalue weighted by Gasteiger charge is -2.17. The van der Waals surface area contributed by atoms with Crippen molar-refractivity contribution in [3.05, 3.63) is 53.2 Å². The van der Waals surface area contributed by atoms with Gasteiger partial charge in [-0.05, 0) is 25.0 Å². The summed E-state index contributed by atoms with van der Waals surface area (Å²) >= 11 is 0. The maximum atomic E-state index is 12.6. The van der Waals surface area contributed by atoms with Crippen LogP contribution in [0.1, 0.15) is 20.8 Å². The van der Waals surface area contributed by atoms with Crippen molar-refractivity contribution in [2.45, 2.75) is 33.4 Å². The lowest BCUT2D eigenvalue weighted by Crippen LogP contribution is -2.39. The van der Waals surface area contributed by atoms with E-state index in [1.54, 1.807) is 4.68 Å². The van der Waals surface area contributed by atoms with E-state index in [1.807, 2.05) is 51.1 Å². The second kappa shape index (κ2) is 6.88. The van der Waals surface area contributed by atoms with Crippen LogP contribution in [0.25, 0.3) is 16.7 Å². The summed E-state index contributed by atoms with van der Waals surface area (Å²) in [5, 5.41) is 7.53. The molecule has 130 valence electrons. The highest BCUT2D eigenvalue weighted by atomic mass is 16.2. The summed E-state index contributed by atoms with van der Waals surface area (Å²) in [7, 11) is 0. The molecule has 3 aromatic rings. The van der Waals surface area contributed by atoms with Crippen molar-refractivity contribution in [2.75, 3.05) is 0 Å². The van der Waals surface area contributed by atoms with Crippen molar-refractivity contribution in [2.24, 2.45) is 5.92 Å². The number of nitrogens with one attached hydrogen (secondary N) is 1. The molecule has 1 N–H and O–H groups in total. The highest BCUT2D eigenvalue weighted by Gasteiger charge is 2.15. The van der Waals surface area contributed by atoms with Gasteiger partial charge in [0.1, 0.15) is 18.3 Å². The molecule has 0 spiro atoms. The van der Waals surface area contributed by atoms with E-state index in [2.05, 4.69) is 15.4 Å². The quantitative estimate of drug-likeness (QED) is 0.768. The van der Waals surface area contributed by atoms with Crippen LogP contribution in [-0.2, 0) is 11.3 Å². The van der Waals surface area contributed by atoms with Gasteiger partial charge in [-0.25, -0.2) is 9.67 Å². The summed E-state index contributed by atoms with van der Waals surface area (Å²) in [6.45, 7) is 5.94. The molecule has 0 aliphatic rings. The molecule has 0 radical (unpaired) electrons. The predicted octanol–water partition coefficient (Wildman–Crippen LogP) is 1.74. The molecule has 0 aliphatic heterocycles. The molecular weight excluding hydrogens is 318 g/mol. The van der Waals surface area contributed by atoms with Crippen LogP contribution in [0.4, 0.5) is 0 Å². The summed E-state index contributed by atoms with van der Waals surface area (Å²) in [5.41, 5.74) is 1.02. The predicted molar refractivity (Wildman–Crippen MR) is 95.6 cm³/mol. The fourth-order valence-corrected chi connectivity index (χ4v) is 2.44. The van der Waals surface area contributed by atoms with Gasteiger partial charge in [-0.15, -0.1) is 0 Å². The number of amides is 1. The fourth-order valence-electron chi connectivity index (χ4n) is 2.44. The average molecular weight is 339 g/mol. The molecule has 2 heterocycles. The smallest absolute Gasteiger partial charge is 0.264 e. The van der Waals surface area contributed by atoms with E-state index in [1.165, 1.54) is 17.1 Å². The first-order valence-electron chi connectivity index (χ1n) is 8.25.